The molecule has 0 unspecified atom stereocenters. The average molecular weight is 485 g/mol. The first-order valence-electron chi connectivity index (χ1n) is 10.7. The SMILES string of the molecule is Cc1cc(C)c2c(-n3cccc3)c(C(=O)N/N=C\c3cccn3-c3cccc([N+](=O)[O-])c3)sc2n1. The van der Waals surface area contributed by atoms with Gasteiger partial charge >= 0.3 is 0 Å². The van der Waals surface area contributed by atoms with Crippen LogP contribution in [-0.2, 0) is 0 Å². The molecular formula is C25H20N6O3S. The summed E-state index contributed by atoms with van der Waals surface area (Å²) in [6, 6.07) is 15.7. The number of carbonyl (C=O) groups excluding carboxylic acids is 1. The number of non-ortho nitro benzene ring substituents is 1. The zero-order valence-corrected chi connectivity index (χ0v) is 19.7. The van der Waals surface area contributed by atoms with Crippen LogP contribution in [0.15, 0.2) is 78.3 Å². The number of aryl methyl sites for hydroxylation is 2. The van der Waals surface area contributed by atoms with Gasteiger partial charge in [-0.3, -0.25) is 14.9 Å². The fourth-order valence-corrected chi connectivity index (χ4v) is 5.19. The lowest BCUT2D eigenvalue weighted by Gasteiger charge is -2.07. The van der Waals surface area contributed by atoms with Crippen molar-refractivity contribution in [2.45, 2.75) is 13.8 Å². The Morgan fingerprint density at radius 2 is 1.91 bits per heavy atom. The van der Waals surface area contributed by atoms with E-state index in [1.807, 2.05) is 49.0 Å². The van der Waals surface area contributed by atoms with Crippen LogP contribution in [-0.4, -0.2) is 31.2 Å². The topological polar surface area (TPSA) is 107 Å². The Hall–Kier alpha value is -4.57. The number of carbonyl (C=O) groups is 1. The standard InChI is InChI=1S/C25H20N6O3S/c1-16-13-17(2)27-25-21(16)22(29-10-3-4-11-29)23(35-25)24(32)28-26-15-20-9-6-12-30(20)18-7-5-8-19(14-18)31(33)34/h3-15H,1-2H3,(H,28,32)/b26-15-. The molecule has 0 bridgehead atoms. The molecule has 10 heteroatoms. The molecule has 1 amide bonds. The molecule has 0 saturated heterocycles. The molecule has 5 aromatic rings. The molecule has 1 N–H and O–H groups in total. The highest BCUT2D eigenvalue weighted by Gasteiger charge is 2.22. The van der Waals surface area contributed by atoms with Crippen molar-refractivity contribution in [1.29, 1.82) is 0 Å². The highest BCUT2D eigenvalue weighted by Crippen LogP contribution is 2.35. The number of nitrogens with zero attached hydrogens (tertiary/aromatic N) is 5. The molecule has 0 saturated carbocycles. The van der Waals surface area contributed by atoms with E-state index in [1.165, 1.54) is 29.7 Å². The van der Waals surface area contributed by atoms with Crippen LogP contribution in [0.1, 0.15) is 26.6 Å². The molecule has 0 fully saturated rings. The van der Waals surface area contributed by atoms with Crippen molar-refractivity contribution in [3.8, 4) is 11.4 Å². The Morgan fingerprint density at radius 1 is 1.11 bits per heavy atom. The summed E-state index contributed by atoms with van der Waals surface area (Å²) in [6.45, 7) is 3.95. The van der Waals surface area contributed by atoms with Gasteiger partial charge in [0.2, 0.25) is 0 Å². The highest BCUT2D eigenvalue weighted by molar-refractivity contribution is 7.21. The van der Waals surface area contributed by atoms with Crippen molar-refractivity contribution in [1.82, 2.24) is 19.5 Å². The van der Waals surface area contributed by atoms with Crippen LogP contribution in [0.3, 0.4) is 0 Å². The zero-order valence-electron chi connectivity index (χ0n) is 18.9. The number of thiophene rings is 1. The van der Waals surface area contributed by atoms with E-state index in [-0.39, 0.29) is 11.6 Å². The van der Waals surface area contributed by atoms with Gasteiger partial charge in [0.1, 0.15) is 9.71 Å². The van der Waals surface area contributed by atoms with Gasteiger partial charge in [0.15, 0.2) is 0 Å². The number of hydrogen-bond donors (Lipinski definition) is 1. The number of nitro groups is 1. The number of rotatable bonds is 6. The molecule has 0 aliphatic carbocycles. The minimum absolute atomic E-state index is 0.00571. The number of amides is 1. The summed E-state index contributed by atoms with van der Waals surface area (Å²) in [6.07, 6.45) is 7.07. The summed E-state index contributed by atoms with van der Waals surface area (Å²) in [4.78, 5) is 29.8. The van der Waals surface area contributed by atoms with E-state index in [0.29, 0.717) is 16.3 Å². The molecule has 9 nitrogen and oxygen atoms in total. The van der Waals surface area contributed by atoms with Crippen molar-refractivity contribution in [3.05, 3.63) is 105 Å². The van der Waals surface area contributed by atoms with E-state index in [2.05, 4.69) is 15.5 Å². The Bertz CT molecular complexity index is 1600. The minimum Gasteiger partial charge on any atom is -0.322 e. The molecule has 174 valence electrons. The van der Waals surface area contributed by atoms with Crippen molar-refractivity contribution in [2.24, 2.45) is 5.10 Å². The van der Waals surface area contributed by atoms with Gasteiger partial charge in [-0.25, -0.2) is 10.4 Å². The van der Waals surface area contributed by atoms with E-state index in [4.69, 9.17) is 0 Å². The Morgan fingerprint density at radius 3 is 2.69 bits per heavy atom. The summed E-state index contributed by atoms with van der Waals surface area (Å²) in [5.74, 6) is -0.349. The number of nitrogens with one attached hydrogen (secondary N) is 1. The maximum atomic E-state index is 13.2. The minimum atomic E-state index is -0.438. The number of hydrazone groups is 1. The van der Waals surface area contributed by atoms with E-state index in [1.54, 1.807) is 35.0 Å². The lowest BCUT2D eigenvalue weighted by Crippen LogP contribution is -2.18. The Labute approximate surface area is 204 Å². The van der Waals surface area contributed by atoms with Gasteiger partial charge in [-0.15, -0.1) is 11.3 Å². The second-order valence-electron chi connectivity index (χ2n) is 7.91. The molecule has 5 rings (SSSR count). The van der Waals surface area contributed by atoms with E-state index >= 15 is 0 Å². The quantitative estimate of drug-likeness (QED) is 0.204. The van der Waals surface area contributed by atoms with Gasteiger partial charge < -0.3 is 9.13 Å². The number of benzene rings is 1. The number of aromatic nitrogens is 3. The molecule has 0 aliphatic rings. The molecule has 35 heavy (non-hydrogen) atoms. The lowest BCUT2D eigenvalue weighted by molar-refractivity contribution is -0.384. The first kappa shape index (κ1) is 22.2. The van der Waals surface area contributed by atoms with Crippen LogP contribution in [0.2, 0.25) is 0 Å². The van der Waals surface area contributed by atoms with E-state index in [0.717, 1.165) is 27.2 Å². The number of nitro benzene ring substituents is 1. The molecule has 0 aliphatic heterocycles. The summed E-state index contributed by atoms with van der Waals surface area (Å²) < 4.78 is 3.67. The molecule has 0 spiro atoms. The molecular weight excluding hydrogens is 464 g/mol. The number of fused-ring (bicyclic) bond motifs is 1. The van der Waals surface area contributed by atoms with Crippen LogP contribution < -0.4 is 5.43 Å². The fourth-order valence-electron chi connectivity index (χ4n) is 4.01. The van der Waals surface area contributed by atoms with Crippen LogP contribution in [0.5, 0.6) is 0 Å². The maximum Gasteiger partial charge on any atom is 0.283 e. The molecule has 1 aromatic carbocycles. The van der Waals surface area contributed by atoms with Crippen molar-refractivity contribution in [2.75, 3.05) is 0 Å². The van der Waals surface area contributed by atoms with Crippen molar-refractivity contribution < 1.29 is 9.72 Å². The second-order valence-corrected chi connectivity index (χ2v) is 8.91. The largest absolute Gasteiger partial charge is 0.322 e. The Kier molecular flexibility index (Phi) is 5.71. The average Bonchev–Trinajstić information content (AvgIpc) is 3.58. The van der Waals surface area contributed by atoms with Gasteiger partial charge in [0, 0.05) is 41.8 Å². The van der Waals surface area contributed by atoms with E-state index in [9.17, 15) is 14.9 Å². The summed E-state index contributed by atoms with van der Waals surface area (Å²) in [5, 5.41) is 16.2. The van der Waals surface area contributed by atoms with Gasteiger partial charge in [0.25, 0.3) is 11.6 Å². The van der Waals surface area contributed by atoms with Crippen LogP contribution >= 0.6 is 11.3 Å². The first-order chi connectivity index (χ1) is 16.9. The van der Waals surface area contributed by atoms with Gasteiger partial charge in [-0.2, -0.15) is 5.10 Å². The number of pyridine rings is 1. The predicted molar refractivity (Wildman–Crippen MR) is 136 cm³/mol. The molecule has 4 heterocycles. The molecule has 0 radical (unpaired) electrons. The third-order valence-electron chi connectivity index (χ3n) is 5.49. The summed E-state index contributed by atoms with van der Waals surface area (Å²) in [5.41, 5.74) is 6.60. The Balaban J connectivity index is 1.45. The van der Waals surface area contributed by atoms with Crippen molar-refractivity contribution in [3.63, 3.8) is 0 Å². The third-order valence-corrected chi connectivity index (χ3v) is 6.56. The van der Waals surface area contributed by atoms with Gasteiger partial charge in [-0.05, 0) is 55.8 Å². The third kappa shape index (κ3) is 4.22. The molecule has 0 atom stereocenters. The summed E-state index contributed by atoms with van der Waals surface area (Å²) >= 11 is 1.32. The van der Waals surface area contributed by atoms with Crippen molar-refractivity contribution >= 4 is 39.4 Å². The molecule has 4 aromatic heterocycles. The predicted octanol–water partition coefficient (Wildman–Crippen LogP) is 5.17. The monoisotopic (exact) mass is 484 g/mol. The summed E-state index contributed by atoms with van der Waals surface area (Å²) in [7, 11) is 0. The second kappa shape index (κ2) is 8.99. The van der Waals surface area contributed by atoms with Gasteiger partial charge in [-0.1, -0.05) is 6.07 Å². The normalized spacial score (nSPS) is 11.4. The maximum absolute atomic E-state index is 13.2. The smallest absolute Gasteiger partial charge is 0.283 e. The zero-order chi connectivity index (χ0) is 24.5. The highest BCUT2D eigenvalue weighted by atomic mass is 32.1. The lowest BCUT2D eigenvalue weighted by atomic mass is 10.1. The van der Waals surface area contributed by atoms with Crippen LogP contribution in [0, 0.1) is 24.0 Å². The first-order valence-corrected chi connectivity index (χ1v) is 11.5. The fraction of sp³-hybridized carbons (Fsp3) is 0.0800. The van der Waals surface area contributed by atoms with Crippen LogP contribution in [0.4, 0.5) is 5.69 Å². The van der Waals surface area contributed by atoms with Gasteiger partial charge in [0.05, 0.1) is 28.2 Å². The number of hydrogen-bond acceptors (Lipinski definition) is 6. The van der Waals surface area contributed by atoms with E-state index < -0.39 is 4.92 Å². The van der Waals surface area contributed by atoms with Crippen LogP contribution in [0.25, 0.3) is 21.6 Å².